The van der Waals surface area contributed by atoms with Gasteiger partial charge in [-0.3, -0.25) is 0 Å². The van der Waals surface area contributed by atoms with E-state index in [9.17, 15) is 0 Å². The van der Waals surface area contributed by atoms with Crippen LogP contribution in [0.15, 0.2) is 24.3 Å². The van der Waals surface area contributed by atoms with Crippen molar-refractivity contribution in [1.82, 2.24) is 0 Å². The lowest BCUT2D eigenvalue weighted by Gasteiger charge is -2.27. The highest BCUT2D eigenvalue weighted by Gasteiger charge is 2.19. The van der Waals surface area contributed by atoms with Gasteiger partial charge in [0.2, 0.25) is 0 Å². The van der Waals surface area contributed by atoms with E-state index in [1.165, 1.54) is 32.1 Å². The molecule has 1 aliphatic carbocycles. The molecular weight excluding hydrogens is 204 g/mol. The lowest BCUT2D eigenvalue weighted by molar-refractivity contribution is 0.288. The zero-order valence-corrected chi connectivity index (χ0v) is 11.6. The highest BCUT2D eigenvalue weighted by atomic mass is 14.2. The second-order valence-electron chi connectivity index (χ2n) is 6.18. The van der Waals surface area contributed by atoms with Crippen molar-refractivity contribution < 1.29 is 0 Å². The van der Waals surface area contributed by atoms with Crippen LogP contribution in [0.3, 0.4) is 0 Å². The summed E-state index contributed by atoms with van der Waals surface area (Å²) in [5, 5.41) is 0. The summed E-state index contributed by atoms with van der Waals surface area (Å²) in [6.07, 6.45) is 7.06. The van der Waals surface area contributed by atoms with Crippen LogP contribution in [0.4, 0.5) is 0 Å². The average Bonchev–Trinajstić information content (AvgIpc) is 2.32. The molecule has 1 fully saturated rings. The quantitative estimate of drug-likeness (QED) is 0.671. The summed E-state index contributed by atoms with van der Waals surface area (Å²) in [6, 6.07) is 9.03. The summed E-state index contributed by atoms with van der Waals surface area (Å²) in [5.74, 6) is 2.56. The van der Waals surface area contributed by atoms with E-state index in [4.69, 9.17) is 0 Å². The van der Waals surface area contributed by atoms with E-state index in [0.717, 1.165) is 11.8 Å². The highest BCUT2D eigenvalue weighted by Crippen LogP contribution is 2.32. The third-order valence-electron chi connectivity index (χ3n) is 4.32. The molecule has 2 rings (SSSR count). The van der Waals surface area contributed by atoms with E-state index < -0.39 is 0 Å². The third kappa shape index (κ3) is 3.34. The Bertz CT molecular complexity index is 343. The molecule has 1 aromatic rings. The zero-order chi connectivity index (χ0) is 12.3. The smallest absolute Gasteiger partial charge is 0.0216 e. The molecule has 1 aliphatic rings. The van der Waals surface area contributed by atoms with Crippen molar-refractivity contribution in [3.8, 4) is 0 Å². The van der Waals surface area contributed by atoms with E-state index >= 15 is 0 Å². The van der Waals surface area contributed by atoms with E-state index in [2.05, 4.69) is 45.0 Å². The maximum atomic E-state index is 2.40. The van der Waals surface area contributed by atoms with Crippen molar-refractivity contribution in [3.63, 3.8) is 0 Å². The molecule has 0 N–H and O–H groups in total. The Kier molecular flexibility index (Phi) is 4.25. The molecule has 17 heavy (non-hydrogen) atoms. The first-order valence-corrected chi connectivity index (χ1v) is 7.24. The van der Waals surface area contributed by atoms with Gasteiger partial charge in [0.1, 0.15) is 0 Å². The Morgan fingerprint density at radius 1 is 1.06 bits per heavy atom. The van der Waals surface area contributed by atoms with Crippen molar-refractivity contribution in [3.05, 3.63) is 35.4 Å². The van der Waals surface area contributed by atoms with Gasteiger partial charge < -0.3 is 0 Å². The number of benzene rings is 1. The van der Waals surface area contributed by atoms with Crippen LogP contribution in [-0.4, -0.2) is 0 Å². The predicted octanol–water partition coefficient (Wildman–Crippen LogP) is 5.18. The first kappa shape index (κ1) is 12.7. The Morgan fingerprint density at radius 2 is 1.71 bits per heavy atom. The van der Waals surface area contributed by atoms with Gasteiger partial charge in [0.05, 0.1) is 0 Å². The van der Waals surface area contributed by atoms with Crippen LogP contribution in [0.2, 0.25) is 0 Å². The van der Waals surface area contributed by atoms with E-state index in [1.54, 1.807) is 11.1 Å². The molecule has 0 amide bonds. The fourth-order valence-corrected chi connectivity index (χ4v) is 3.13. The van der Waals surface area contributed by atoms with Crippen LogP contribution in [0.5, 0.6) is 0 Å². The lowest BCUT2D eigenvalue weighted by Crippen LogP contribution is -2.15. The molecule has 0 nitrogen and oxygen atoms in total. The van der Waals surface area contributed by atoms with Gasteiger partial charge in [-0.05, 0) is 48.1 Å². The zero-order valence-electron chi connectivity index (χ0n) is 11.6. The van der Waals surface area contributed by atoms with Gasteiger partial charge in [-0.2, -0.15) is 0 Å². The first-order chi connectivity index (χ1) is 8.16. The van der Waals surface area contributed by atoms with Gasteiger partial charge in [-0.15, -0.1) is 0 Å². The monoisotopic (exact) mass is 230 g/mol. The minimum Gasteiger partial charge on any atom is -0.0625 e. The topological polar surface area (TPSA) is 0 Å². The predicted molar refractivity (Wildman–Crippen MR) is 75.4 cm³/mol. The van der Waals surface area contributed by atoms with E-state index in [1.807, 2.05) is 0 Å². The third-order valence-corrected chi connectivity index (χ3v) is 4.32. The normalized spacial score (nSPS) is 25.2. The molecule has 0 atom stereocenters. The van der Waals surface area contributed by atoms with Gasteiger partial charge >= 0.3 is 0 Å². The van der Waals surface area contributed by atoms with Gasteiger partial charge in [-0.1, -0.05) is 57.9 Å². The lowest BCUT2D eigenvalue weighted by atomic mass is 9.79. The Morgan fingerprint density at radius 3 is 2.35 bits per heavy atom. The number of rotatable bonds is 3. The number of hydrogen-bond acceptors (Lipinski definition) is 0. The Labute approximate surface area is 106 Å². The fourth-order valence-electron chi connectivity index (χ4n) is 3.13. The second-order valence-corrected chi connectivity index (χ2v) is 6.18. The van der Waals surface area contributed by atoms with Crippen molar-refractivity contribution >= 4 is 0 Å². The molecule has 0 bridgehead atoms. The van der Waals surface area contributed by atoms with Gasteiger partial charge in [-0.25, -0.2) is 0 Å². The first-order valence-electron chi connectivity index (χ1n) is 7.24. The molecule has 0 aliphatic heterocycles. The van der Waals surface area contributed by atoms with Gasteiger partial charge in [0.25, 0.3) is 0 Å². The molecule has 0 saturated heterocycles. The van der Waals surface area contributed by atoms with Crippen molar-refractivity contribution in [1.29, 1.82) is 0 Å². The Balaban J connectivity index is 2.03. The SMILES string of the molecule is CC1CCC(Cc2ccccc2C(C)C)CC1. The summed E-state index contributed by atoms with van der Waals surface area (Å²) in [6.45, 7) is 7.02. The highest BCUT2D eigenvalue weighted by molar-refractivity contribution is 5.30. The van der Waals surface area contributed by atoms with E-state index in [-0.39, 0.29) is 0 Å². The second kappa shape index (κ2) is 5.71. The molecule has 0 spiro atoms. The van der Waals surface area contributed by atoms with E-state index in [0.29, 0.717) is 5.92 Å². The van der Waals surface area contributed by atoms with Crippen LogP contribution in [0.1, 0.15) is 63.5 Å². The van der Waals surface area contributed by atoms with Crippen molar-refractivity contribution in [2.24, 2.45) is 11.8 Å². The maximum absolute atomic E-state index is 2.40. The van der Waals surface area contributed by atoms with Gasteiger partial charge in [0.15, 0.2) is 0 Å². The minimum atomic E-state index is 0.661. The summed E-state index contributed by atoms with van der Waals surface area (Å²) < 4.78 is 0. The number of hydrogen-bond donors (Lipinski definition) is 0. The van der Waals surface area contributed by atoms with Crippen LogP contribution in [0.25, 0.3) is 0 Å². The fraction of sp³-hybridized carbons (Fsp3) is 0.647. The maximum Gasteiger partial charge on any atom is -0.0216 e. The molecule has 94 valence electrons. The summed E-state index contributed by atoms with van der Waals surface area (Å²) in [7, 11) is 0. The van der Waals surface area contributed by atoms with Crippen LogP contribution in [-0.2, 0) is 6.42 Å². The standard InChI is InChI=1S/C17H26/c1-13(2)17-7-5-4-6-16(17)12-15-10-8-14(3)9-11-15/h4-7,13-15H,8-12H2,1-3H3. The van der Waals surface area contributed by atoms with Crippen molar-refractivity contribution in [2.75, 3.05) is 0 Å². The molecule has 0 heterocycles. The van der Waals surface area contributed by atoms with Crippen LogP contribution < -0.4 is 0 Å². The summed E-state index contributed by atoms with van der Waals surface area (Å²) >= 11 is 0. The minimum absolute atomic E-state index is 0.661. The largest absolute Gasteiger partial charge is 0.0625 e. The van der Waals surface area contributed by atoms with Crippen LogP contribution >= 0.6 is 0 Å². The summed E-state index contributed by atoms with van der Waals surface area (Å²) in [4.78, 5) is 0. The molecular formula is C17H26. The molecule has 0 radical (unpaired) electrons. The van der Waals surface area contributed by atoms with Gasteiger partial charge in [0, 0.05) is 0 Å². The van der Waals surface area contributed by atoms with Crippen LogP contribution in [0, 0.1) is 11.8 Å². The molecule has 1 saturated carbocycles. The van der Waals surface area contributed by atoms with Crippen molar-refractivity contribution in [2.45, 2.75) is 58.8 Å². The summed E-state index contributed by atoms with van der Waals surface area (Å²) in [5.41, 5.74) is 3.16. The molecule has 1 aromatic carbocycles. The molecule has 0 heteroatoms. The Hall–Kier alpha value is -0.780. The molecule has 0 unspecified atom stereocenters. The average molecular weight is 230 g/mol. The molecule has 0 aromatic heterocycles.